The topological polar surface area (TPSA) is 138 Å². The quantitative estimate of drug-likeness (QED) is 0.391. The summed E-state index contributed by atoms with van der Waals surface area (Å²) < 4.78 is 19.7. The van der Waals surface area contributed by atoms with Crippen LogP contribution in [0.4, 0.5) is 9.59 Å². The molecule has 2 aromatic carbocycles. The summed E-state index contributed by atoms with van der Waals surface area (Å²) in [7, 11) is 3.25. The van der Waals surface area contributed by atoms with Gasteiger partial charge < -0.3 is 34.4 Å². The predicted octanol–water partition coefficient (Wildman–Crippen LogP) is 5.31. The van der Waals surface area contributed by atoms with Crippen LogP contribution in [0.3, 0.4) is 0 Å². The summed E-state index contributed by atoms with van der Waals surface area (Å²) in [5, 5.41) is 0. The number of benzene rings is 2. The van der Waals surface area contributed by atoms with Crippen LogP contribution in [0, 0.1) is 5.41 Å². The summed E-state index contributed by atoms with van der Waals surface area (Å²) in [6.45, 7) is 16.1. The van der Waals surface area contributed by atoms with Crippen molar-refractivity contribution in [1.29, 1.82) is 0 Å². The SMILES string of the molecule is C=O.CC(C)(CCN1CCN(C(=O)OC(C)(C)C)CC1)CC(=O)OCc1ccccc1.COC.NC(=O)Oc1ccccc1. The van der Waals surface area contributed by atoms with Crippen LogP contribution >= 0.6 is 0 Å². The van der Waals surface area contributed by atoms with E-state index in [1.165, 1.54) is 0 Å². The van der Waals surface area contributed by atoms with Crippen LogP contribution < -0.4 is 10.5 Å². The molecule has 1 saturated heterocycles. The molecule has 0 unspecified atom stereocenters. The first-order valence-electron chi connectivity index (χ1n) is 14.4. The molecule has 44 heavy (non-hydrogen) atoms. The maximum atomic E-state index is 12.2. The number of piperazine rings is 1. The lowest BCUT2D eigenvalue weighted by atomic mass is 9.85. The van der Waals surface area contributed by atoms with E-state index in [-0.39, 0.29) is 17.5 Å². The Balaban J connectivity index is 0.00000102. The monoisotopic (exact) mass is 617 g/mol. The lowest BCUT2D eigenvalue weighted by Crippen LogP contribution is -2.50. The Bertz CT molecular complexity index is 1070. The van der Waals surface area contributed by atoms with Crippen LogP contribution in [-0.4, -0.2) is 87.3 Å². The maximum absolute atomic E-state index is 12.2. The molecular formula is C33H51N3O8. The minimum Gasteiger partial charge on any atom is -0.461 e. The molecule has 0 spiro atoms. The largest absolute Gasteiger partial charge is 0.461 e. The van der Waals surface area contributed by atoms with E-state index in [1.54, 1.807) is 43.4 Å². The van der Waals surface area contributed by atoms with Crippen molar-refractivity contribution in [2.75, 3.05) is 46.9 Å². The van der Waals surface area contributed by atoms with Gasteiger partial charge in [0, 0.05) is 40.4 Å². The van der Waals surface area contributed by atoms with Gasteiger partial charge in [-0.3, -0.25) is 9.69 Å². The molecule has 246 valence electrons. The van der Waals surface area contributed by atoms with E-state index < -0.39 is 11.7 Å². The molecular weight excluding hydrogens is 566 g/mol. The second-order valence-corrected chi connectivity index (χ2v) is 11.7. The van der Waals surface area contributed by atoms with Gasteiger partial charge in [0.05, 0.1) is 6.42 Å². The Kier molecular flexibility index (Phi) is 19.7. The third-order valence-corrected chi connectivity index (χ3v) is 5.96. The number of amides is 2. The summed E-state index contributed by atoms with van der Waals surface area (Å²) in [6.07, 6.45) is 0.280. The van der Waals surface area contributed by atoms with Crippen molar-refractivity contribution >= 4 is 24.9 Å². The van der Waals surface area contributed by atoms with Gasteiger partial charge in [0.1, 0.15) is 24.7 Å². The van der Waals surface area contributed by atoms with E-state index in [9.17, 15) is 14.4 Å². The van der Waals surface area contributed by atoms with E-state index >= 15 is 0 Å². The van der Waals surface area contributed by atoms with Gasteiger partial charge in [-0.25, -0.2) is 9.59 Å². The number of carbonyl (C=O) groups excluding carboxylic acids is 4. The Hall–Kier alpha value is -3.96. The minimum absolute atomic E-state index is 0.129. The summed E-state index contributed by atoms with van der Waals surface area (Å²) in [6, 6.07) is 18.4. The molecule has 0 bridgehead atoms. The molecule has 1 heterocycles. The summed E-state index contributed by atoms with van der Waals surface area (Å²) in [5.74, 6) is 0.309. The number of nitrogens with two attached hydrogens (primary N) is 1. The molecule has 2 amide bonds. The molecule has 11 nitrogen and oxygen atoms in total. The Morgan fingerprint density at radius 2 is 1.34 bits per heavy atom. The van der Waals surface area contributed by atoms with Crippen LogP contribution in [0.15, 0.2) is 60.7 Å². The highest BCUT2D eigenvalue weighted by atomic mass is 16.6. The molecule has 0 saturated carbocycles. The van der Waals surface area contributed by atoms with Crippen LogP contribution in [0.2, 0.25) is 0 Å². The van der Waals surface area contributed by atoms with Gasteiger partial charge >= 0.3 is 18.2 Å². The summed E-state index contributed by atoms with van der Waals surface area (Å²) in [5.41, 5.74) is 5.17. The van der Waals surface area contributed by atoms with Gasteiger partial charge in [0.2, 0.25) is 0 Å². The predicted molar refractivity (Wildman–Crippen MR) is 170 cm³/mol. The molecule has 2 aromatic rings. The fourth-order valence-electron chi connectivity index (χ4n) is 3.81. The van der Waals surface area contributed by atoms with Crippen molar-refractivity contribution < 1.29 is 38.1 Å². The second-order valence-electron chi connectivity index (χ2n) is 11.7. The van der Waals surface area contributed by atoms with Crippen molar-refractivity contribution in [3.63, 3.8) is 0 Å². The molecule has 1 aliphatic rings. The maximum Gasteiger partial charge on any atom is 0.410 e. The molecule has 3 rings (SSSR count). The van der Waals surface area contributed by atoms with Crippen molar-refractivity contribution in [1.82, 2.24) is 9.80 Å². The van der Waals surface area contributed by atoms with E-state index in [4.69, 9.17) is 20.0 Å². The zero-order valence-corrected chi connectivity index (χ0v) is 27.4. The number of rotatable bonds is 8. The lowest BCUT2D eigenvalue weighted by Gasteiger charge is -2.37. The molecule has 1 fully saturated rings. The number of primary amides is 1. The molecule has 0 radical (unpaired) electrons. The molecule has 0 atom stereocenters. The van der Waals surface area contributed by atoms with Crippen LogP contribution in [-0.2, 0) is 30.4 Å². The van der Waals surface area contributed by atoms with E-state index in [1.807, 2.05) is 64.0 Å². The van der Waals surface area contributed by atoms with Gasteiger partial charge in [-0.2, -0.15) is 0 Å². The van der Waals surface area contributed by atoms with Gasteiger partial charge in [-0.1, -0.05) is 62.4 Å². The molecule has 1 aliphatic heterocycles. The van der Waals surface area contributed by atoms with Gasteiger partial charge in [-0.05, 0) is 56.8 Å². The first kappa shape index (κ1) is 40.0. The van der Waals surface area contributed by atoms with Crippen LogP contribution in [0.1, 0.15) is 53.0 Å². The average Bonchev–Trinajstić information content (AvgIpc) is 2.97. The van der Waals surface area contributed by atoms with Gasteiger partial charge in [0.15, 0.2) is 0 Å². The van der Waals surface area contributed by atoms with Crippen LogP contribution in [0.25, 0.3) is 0 Å². The fraction of sp³-hybridized carbons (Fsp3) is 0.515. The number of carbonyl (C=O) groups is 4. The van der Waals surface area contributed by atoms with Crippen molar-refractivity contribution in [3.8, 4) is 5.75 Å². The first-order chi connectivity index (χ1) is 20.7. The first-order valence-corrected chi connectivity index (χ1v) is 14.4. The zero-order valence-electron chi connectivity index (χ0n) is 27.4. The number of hydrogen-bond donors (Lipinski definition) is 1. The van der Waals surface area contributed by atoms with Gasteiger partial charge in [0.25, 0.3) is 0 Å². The van der Waals surface area contributed by atoms with Crippen molar-refractivity contribution in [2.45, 2.75) is 59.7 Å². The normalized spacial score (nSPS) is 12.9. The fourth-order valence-corrected chi connectivity index (χ4v) is 3.81. The highest BCUT2D eigenvalue weighted by Crippen LogP contribution is 2.26. The van der Waals surface area contributed by atoms with Crippen molar-refractivity contribution in [3.05, 3.63) is 66.2 Å². The molecule has 0 aliphatic carbocycles. The highest BCUT2D eigenvalue weighted by Gasteiger charge is 2.28. The van der Waals surface area contributed by atoms with Gasteiger partial charge in [-0.15, -0.1) is 0 Å². The molecule has 11 heteroatoms. The number of esters is 1. The van der Waals surface area contributed by atoms with E-state index in [0.717, 1.165) is 31.6 Å². The third kappa shape index (κ3) is 20.0. The lowest BCUT2D eigenvalue weighted by molar-refractivity contribution is -0.147. The Morgan fingerprint density at radius 1 is 0.841 bits per heavy atom. The minimum atomic E-state index is -0.786. The summed E-state index contributed by atoms with van der Waals surface area (Å²) in [4.78, 5) is 46.7. The van der Waals surface area contributed by atoms with Crippen LogP contribution in [0.5, 0.6) is 5.75 Å². The Labute approximate surface area is 262 Å². The highest BCUT2D eigenvalue weighted by molar-refractivity contribution is 5.70. The standard InChI is InChI=1S/C23H36N2O4.C7H7NO2.C2H6O.CH2O/c1-22(2,3)29-21(27)25-15-13-24(14-16-25)12-11-23(4,5)17-20(26)28-18-19-9-7-6-8-10-19;8-7(9)10-6-4-2-1-3-5-6;1-3-2;1-2/h6-10H,11-18H2,1-5H3;1-5H,(H2,8,9);1-2H3;1H2. The third-order valence-electron chi connectivity index (χ3n) is 5.96. The number of hydrogen-bond acceptors (Lipinski definition) is 9. The average molecular weight is 618 g/mol. The van der Waals surface area contributed by atoms with E-state index in [0.29, 0.717) is 31.9 Å². The molecule has 0 aromatic heterocycles. The Morgan fingerprint density at radius 3 is 1.82 bits per heavy atom. The van der Waals surface area contributed by atoms with Crippen molar-refractivity contribution in [2.24, 2.45) is 11.1 Å². The smallest absolute Gasteiger partial charge is 0.410 e. The second kappa shape index (κ2) is 21.7. The summed E-state index contributed by atoms with van der Waals surface area (Å²) >= 11 is 0. The number of para-hydroxylation sites is 1. The molecule has 2 N–H and O–H groups in total. The zero-order chi connectivity index (χ0) is 33.6. The number of ether oxygens (including phenoxy) is 4. The number of nitrogens with zero attached hydrogens (tertiary/aromatic N) is 2. The van der Waals surface area contributed by atoms with E-state index in [2.05, 4.69) is 28.2 Å². The number of methoxy groups -OCH3 is 1.